The maximum Gasteiger partial charge on any atom is 0.416 e. The molecule has 210 valence electrons. The fraction of sp³-hybridized carbons (Fsp3) is 0.433. The lowest BCUT2D eigenvalue weighted by Crippen LogP contribution is -2.49. The van der Waals surface area contributed by atoms with Crippen LogP contribution in [0.25, 0.3) is 22.3 Å². The number of fused-ring (bicyclic) bond motifs is 1. The molecule has 2 aromatic heterocycles. The smallest absolute Gasteiger partial charge is 0.398 e. The third-order valence-electron chi connectivity index (χ3n) is 8.53. The Bertz CT molecular complexity index is 1480. The van der Waals surface area contributed by atoms with Gasteiger partial charge in [0.2, 0.25) is 0 Å². The Labute approximate surface area is 231 Å². The number of hydrogen-bond acceptors (Lipinski definition) is 6. The van der Waals surface area contributed by atoms with E-state index in [-0.39, 0.29) is 18.0 Å². The topological polar surface area (TPSA) is 76.1 Å². The van der Waals surface area contributed by atoms with E-state index in [1.807, 2.05) is 16.8 Å². The van der Waals surface area contributed by atoms with E-state index in [9.17, 15) is 13.2 Å². The summed E-state index contributed by atoms with van der Waals surface area (Å²) in [5.41, 5.74) is 9.50. The van der Waals surface area contributed by atoms with Crippen molar-refractivity contribution in [3.63, 3.8) is 0 Å². The number of nitrogen functional groups attached to an aromatic ring is 1. The molecule has 0 unspecified atom stereocenters. The Morgan fingerprint density at radius 1 is 0.950 bits per heavy atom. The van der Waals surface area contributed by atoms with E-state index < -0.39 is 11.7 Å². The van der Waals surface area contributed by atoms with Crippen LogP contribution in [0, 0.1) is 0 Å². The molecule has 2 fully saturated rings. The largest absolute Gasteiger partial charge is 0.416 e. The van der Waals surface area contributed by atoms with Crippen molar-refractivity contribution in [3.05, 3.63) is 71.7 Å². The molecular weight excluding hydrogens is 515 g/mol. The van der Waals surface area contributed by atoms with E-state index in [4.69, 9.17) is 10.8 Å². The molecule has 6 rings (SSSR count). The van der Waals surface area contributed by atoms with Gasteiger partial charge in [0.1, 0.15) is 12.0 Å². The van der Waals surface area contributed by atoms with Gasteiger partial charge in [0.05, 0.1) is 17.0 Å². The zero-order chi connectivity index (χ0) is 27.9. The number of benzene rings is 2. The van der Waals surface area contributed by atoms with Crippen LogP contribution >= 0.6 is 0 Å². The molecule has 1 aliphatic carbocycles. The van der Waals surface area contributed by atoms with Crippen molar-refractivity contribution in [2.45, 2.75) is 50.4 Å². The van der Waals surface area contributed by atoms with Gasteiger partial charge in [-0.15, -0.1) is 0 Å². The van der Waals surface area contributed by atoms with Gasteiger partial charge in [-0.3, -0.25) is 4.90 Å². The molecule has 7 nitrogen and oxygen atoms in total. The molecule has 1 aliphatic heterocycles. The van der Waals surface area contributed by atoms with E-state index in [0.717, 1.165) is 74.5 Å². The highest BCUT2D eigenvalue weighted by molar-refractivity contribution is 5.94. The van der Waals surface area contributed by atoms with E-state index in [1.54, 1.807) is 24.7 Å². The monoisotopic (exact) mass is 549 g/mol. The molecule has 10 heteroatoms. The number of hydrogen-bond donors (Lipinski definition) is 1. The van der Waals surface area contributed by atoms with Gasteiger partial charge in [-0.05, 0) is 62.4 Å². The molecule has 0 spiro atoms. The first-order chi connectivity index (χ1) is 19.3. The lowest BCUT2D eigenvalue weighted by atomic mass is 9.90. The third-order valence-corrected chi connectivity index (χ3v) is 8.53. The Hall–Kier alpha value is -3.50. The molecule has 3 heterocycles. The number of likely N-dealkylation sites (N-methyl/N-ethyl adjacent to an activating group) is 1. The SMILES string of the molecule is CN1CCN(C2CCC(n3nc(-c4ccc(Cc5ccccc5C(F)(F)F)cc4N)c4cncnc43)CC2)CC1. The Balaban J connectivity index is 1.24. The van der Waals surface area contributed by atoms with Gasteiger partial charge in [0.15, 0.2) is 5.65 Å². The average Bonchev–Trinajstić information content (AvgIpc) is 3.33. The van der Waals surface area contributed by atoms with Crippen molar-refractivity contribution >= 4 is 16.7 Å². The van der Waals surface area contributed by atoms with Gasteiger partial charge >= 0.3 is 6.18 Å². The summed E-state index contributed by atoms with van der Waals surface area (Å²) in [6, 6.07) is 12.0. The summed E-state index contributed by atoms with van der Waals surface area (Å²) in [7, 11) is 2.18. The summed E-state index contributed by atoms with van der Waals surface area (Å²) >= 11 is 0. The van der Waals surface area contributed by atoms with E-state index in [2.05, 4.69) is 26.8 Å². The Morgan fingerprint density at radius 3 is 2.40 bits per heavy atom. The quantitative estimate of drug-likeness (QED) is 0.335. The maximum atomic E-state index is 13.5. The first-order valence-electron chi connectivity index (χ1n) is 13.9. The minimum atomic E-state index is -4.41. The zero-order valence-electron chi connectivity index (χ0n) is 22.6. The Morgan fingerprint density at radius 2 is 1.68 bits per heavy atom. The van der Waals surface area contributed by atoms with E-state index in [0.29, 0.717) is 23.0 Å². The summed E-state index contributed by atoms with van der Waals surface area (Å²) < 4.78 is 42.5. The number of aromatic nitrogens is 4. The number of piperazine rings is 1. The molecule has 2 aromatic carbocycles. The van der Waals surface area contributed by atoms with Gasteiger partial charge in [-0.2, -0.15) is 18.3 Å². The minimum absolute atomic E-state index is 0.134. The molecule has 0 bridgehead atoms. The average molecular weight is 550 g/mol. The number of alkyl halides is 3. The van der Waals surface area contributed by atoms with Gasteiger partial charge < -0.3 is 10.6 Å². The Kier molecular flexibility index (Phi) is 7.22. The van der Waals surface area contributed by atoms with Crippen molar-refractivity contribution in [1.29, 1.82) is 0 Å². The van der Waals surface area contributed by atoms with Crippen LogP contribution in [0.4, 0.5) is 18.9 Å². The van der Waals surface area contributed by atoms with Crippen molar-refractivity contribution in [1.82, 2.24) is 29.5 Å². The van der Waals surface area contributed by atoms with Crippen LogP contribution in [-0.2, 0) is 12.6 Å². The normalized spacial score (nSPS) is 21.2. The molecule has 2 aliphatic rings. The van der Waals surface area contributed by atoms with Crippen LogP contribution < -0.4 is 5.73 Å². The third kappa shape index (κ3) is 5.30. The van der Waals surface area contributed by atoms with Crippen LogP contribution in [0.1, 0.15) is 48.4 Å². The standard InChI is InChI=1S/C30H34F3N7/c1-38-12-14-39(15-13-38)22-7-9-23(10-8-22)40-29-25(18-35-19-36-29)28(37-40)24-11-6-20(17-27(24)34)16-21-4-2-3-5-26(21)30(31,32)33/h2-6,11,17-19,22-23H,7-10,12-16,34H2,1H3. The summed E-state index contributed by atoms with van der Waals surface area (Å²) in [5.74, 6) is 0. The molecule has 1 saturated heterocycles. The fourth-order valence-corrected chi connectivity index (χ4v) is 6.30. The summed E-state index contributed by atoms with van der Waals surface area (Å²) in [6.07, 6.45) is 3.37. The predicted octanol–water partition coefficient (Wildman–Crippen LogP) is 5.42. The minimum Gasteiger partial charge on any atom is -0.398 e. The van der Waals surface area contributed by atoms with E-state index >= 15 is 0 Å². The van der Waals surface area contributed by atoms with Crippen molar-refractivity contribution < 1.29 is 13.2 Å². The highest BCUT2D eigenvalue weighted by Crippen LogP contribution is 2.38. The molecule has 4 aromatic rings. The number of rotatable bonds is 5. The molecule has 0 amide bonds. The van der Waals surface area contributed by atoms with Gasteiger partial charge in [-0.1, -0.05) is 30.3 Å². The second-order valence-corrected chi connectivity index (χ2v) is 11.1. The molecule has 0 atom stereocenters. The highest BCUT2D eigenvalue weighted by Gasteiger charge is 2.33. The lowest BCUT2D eigenvalue weighted by Gasteiger charge is -2.41. The van der Waals surface area contributed by atoms with E-state index in [1.165, 1.54) is 12.1 Å². The van der Waals surface area contributed by atoms with Gasteiger partial charge in [-0.25, -0.2) is 14.6 Å². The molecule has 40 heavy (non-hydrogen) atoms. The zero-order valence-corrected chi connectivity index (χ0v) is 22.6. The predicted molar refractivity (Wildman–Crippen MR) is 150 cm³/mol. The highest BCUT2D eigenvalue weighted by atomic mass is 19.4. The first kappa shape index (κ1) is 26.7. The number of nitrogens with two attached hydrogens (primary N) is 1. The summed E-state index contributed by atoms with van der Waals surface area (Å²) in [5, 5.41) is 5.84. The van der Waals surface area contributed by atoms with Gasteiger partial charge in [0, 0.05) is 49.7 Å². The summed E-state index contributed by atoms with van der Waals surface area (Å²) in [6.45, 7) is 4.51. The van der Waals surface area contributed by atoms with Crippen LogP contribution in [0.2, 0.25) is 0 Å². The van der Waals surface area contributed by atoms with Crippen LogP contribution in [0.5, 0.6) is 0 Å². The molecule has 2 N–H and O–H groups in total. The summed E-state index contributed by atoms with van der Waals surface area (Å²) in [4.78, 5) is 13.9. The van der Waals surface area contributed by atoms with Crippen molar-refractivity contribution in [3.8, 4) is 11.3 Å². The number of nitrogens with zero attached hydrogens (tertiary/aromatic N) is 6. The number of halogens is 3. The van der Waals surface area contributed by atoms with Crippen LogP contribution in [-0.4, -0.2) is 68.8 Å². The van der Waals surface area contributed by atoms with Crippen molar-refractivity contribution in [2.75, 3.05) is 39.0 Å². The molecule has 0 radical (unpaired) electrons. The maximum absolute atomic E-state index is 13.5. The van der Waals surface area contributed by atoms with Crippen LogP contribution in [0.3, 0.4) is 0 Å². The first-order valence-corrected chi connectivity index (χ1v) is 13.9. The van der Waals surface area contributed by atoms with Crippen LogP contribution in [0.15, 0.2) is 55.0 Å². The number of anilines is 1. The second kappa shape index (κ2) is 10.8. The molecular formula is C30H34F3N7. The lowest BCUT2D eigenvalue weighted by molar-refractivity contribution is -0.138. The fourth-order valence-electron chi connectivity index (χ4n) is 6.30. The second-order valence-electron chi connectivity index (χ2n) is 11.1. The molecule has 1 saturated carbocycles. The van der Waals surface area contributed by atoms with Gasteiger partial charge in [0.25, 0.3) is 0 Å². The van der Waals surface area contributed by atoms with Crippen molar-refractivity contribution in [2.24, 2.45) is 0 Å².